The number of anilines is 1. The summed E-state index contributed by atoms with van der Waals surface area (Å²) in [5.41, 5.74) is 0.559. The Morgan fingerprint density at radius 1 is 1.40 bits per heavy atom. The average molecular weight is 400 g/mol. The van der Waals surface area contributed by atoms with Gasteiger partial charge in [0.15, 0.2) is 6.04 Å². The summed E-state index contributed by atoms with van der Waals surface area (Å²) in [6, 6.07) is 8.69. The highest BCUT2D eigenvalue weighted by Gasteiger charge is 2.25. The van der Waals surface area contributed by atoms with E-state index in [0.717, 1.165) is 14.1 Å². The third-order valence-electron chi connectivity index (χ3n) is 3.86. The lowest BCUT2D eigenvalue weighted by atomic mass is 10.2. The summed E-state index contributed by atoms with van der Waals surface area (Å²) in [5, 5.41) is 3.44. The number of hydrogen-bond donors (Lipinski definition) is 2. The van der Waals surface area contributed by atoms with Gasteiger partial charge in [-0.15, -0.1) is 11.3 Å². The molecule has 25 heavy (non-hydrogen) atoms. The second-order valence-corrected chi connectivity index (χ2v) is 7.83. The molecule has 0 aliphatic rings. The van der Waals surface area contributed by atoms with Gasteiger partial charge in [-0.05, 0) is 43.3 Å². The first kappa shape index (κ1) is 19.8. The molecule has 0 saturated carbocycles. The molecule has 0 saturated heterocycles. The summed E-state index contributed by atoms with van der Waals surface area (Å²) in [7, 11) is 1.55. The zero-order valence-electron chi connectivity index (χ0n) is 14.1. The van der Waals surface area contributed by atoms with E-state index in [1.165, 1.54) is 11.3 Å². The molecule has 134 valence electrons. The number of nitrogens with one attached hydrogen (secondary N) is 2. The Kier molecular flexibility index (Phi) is 7.32. The van der Waals surface area contributed by atoms with Crippen LogP contribution in [0, 0.1) is 0 Å². The standard InChI is InChI=1S/C18H20Cl2N2O2S/c1-4-9-22(11-14-6-8-17(20)25-14)12(2)18(23)21-15-10-13(19)5-7-16(15)24-3/h4-8,10,12H,1,9,11H2,2-3H3,(H,21,23)/p+1/t12-/m0/s1. The van der Waals surface area contributed by atoms with Gasteiger partial charge in [0.25, 0.3) is 5.91 Å². The molecule has 2 rings (SSSR count). The number of quaternary nitrogens is 1. The maximum absolute atomic E-state index is 12.7. The van der Waals surface area contributed by atoms with Crippen LogP contribution in [-0.4, -0.2) is 25.6 Å². The summed E-state index contributed by atoms with van der Waals surface area (Å²) < 4.78 is 6.02. The molecule has 0 spiro atoms. The lowest BCUT2D eigenvalue weighted by molar-refractivity contribution is -0.921. The van der Waals surface area contributed by atoms with E-state index in [1.807, 2.05) is 25.1 Å². The number of methoxy groups -OCH3 is 1. The molecule has 0 aliphatic heterocycles. The van der Waals surface area contributed by atoms with Crippen molar-refractivity contribution in [3.63, 3.8) is 0 Å². The van der Waals surface area contributed by atoms with Crippen LogP contribution in [0.5, 0.6) is 5.75 Å². The van der Waals surface area contributed by atoms with Crippen LogP contribution in [0.15, 0.2) is 43.0 Å². The molecule has 1 aromatic carbocycles. The van der Waals surface area contributed by atoms with Gasteiger partial charge in [-0.25, -0.2) is 0 Å². The van der Waals surface area contributed by atoms with Gasteiger partial charge in [0, 0.05) is 5.02 Å². The minimum atomic E-state index is -0.289. The molecule has 0 radical (unpaired) electrons. The molecule has 0 aliphatic carbocycles. The maximum Gasteiger partial charge on any atom is 0.282 e. The van der Waals surface area contributed by atoms with Crippen LogP contribution in [0.3, 0.4) is 0 Å². The molecule has 1 aromatic heterocycles. The van der Waals surface area contributed by atoms with Crippen LogP contribution in [-0.2, 0) is 11.3 Å². The van der Waals surface area contributed by atoms with E-state index < -0.39 is 0 Å². The minimum Gasteiger partial charge on any atom is -0.495 e. The van der Waals surface area contributed by atoms with Crippen molar-refractivity contribution in [1.82, 2.24) is 0 Å². The van der Waals surface area contributed by atoms with Crippen LogP contribution in [0.4, 0.5) is 5.69 Å². The van der Waals surface area contributed by atoms with E-state index in [4.69, 9.17) is 27.9 Å². The number of carbonyl (C=O) groups is 1. The van der Waals surface area contributed by atoms with Gasteiger partial charge < -0.3 is 15.0 Å². The lowest BCUT2D eigenvalue weighted by Crippen LogP contribution is -3.15. The number of halogens is 2. The van der Waals surface area contributed by atoms with Gasteiger partial charge in [0.2, 0.25) is 0 Å². The van der Waals surface area contributed by atoms with Crippen LogP contribution in [0.2, 0.25) is 9.36 Å². The topological polar surface area (TPSA) is 42.8 Å². The van der Waals surface area contributed by atoms with Crippen molar-refractivity contribution in [1.29, 1.82) is 0 Å². The largest absolute Gasteiger partial charge is 0.495 e. The van der Waals surface area contributed by atoms with Crippen molar-refractivity contribution in [2.45, 2.75) is 19.5 Å². The fourth-order valence-corrected chi connectivity index (χ4v) is 3.77. The van der Waals surface area contributed by atoms with E-state index in [-0.39, 0.29) is 11.9 Å². The first-order valence-corrected chi connectivity index (χ1v) is 9.36. The molecule has 0 fully saturated rings. The second-order valence-electron chi connectivity index (χ2n) is 5.59. The number of rotatable bonds is 8. The Hall–Kier alpha value is -1.53. The normalized spacial score (nSPS) is 13.1. The predicted molar refractivity (Wildman–Crippen MR) is 105 cm³/mol. The SMILES string of the molecule is C=CC[NH+](Cc1ccc(Cl)s1)[C@@H](C)C(=O)Nc1cc(Cl)ccc1OC. The fraction of sp³-hybridized carbons (Fsp3) is 0.278. The second kappa shape index (κ2) is 9.25. The Labute approximate surface area is 162 Å². The lowest BCUT2D eigenvalue weighted by Gasteiger charge is -2.24. The monoisotopic (exact) mass is 399 g/mol. The molecule has 1 heterocycles. The number of ether oxygens (including phenoxy) is 1. The number of thiophene rings is 1. The Balaban J connectivity index is 2.12. The minimum absolute atomic E-state index is 0.111. The summed E-state index contributed by atoms with van der Waals surface area (Å²) in [4.78, 5) is 14.9. The van der Waals surface area contributed by atoms with Crippen molar-refractivity contribution in [2.24, 2.45) is 0 Å². The molecule has 4 nitrogen and oxygen atoms in total. The number of amides is 1. The van der Waals surface area contributed by atoms with E-state index >= 15 is 0 Å². The highest BCUT2D eigenvalue weighted by atomic mass is 35.5. The highest BCUT2D eigenvalue weighted by Crippen LogP contribution is 2.27. The van der Waals surface area contributed by atoms with Gasteiger partial charge in [0.05, 0.1) is 28.6 Å². The molecule has 2 N–H and O–H groups in total. The molecule has 7 heteroatoms. The third-order valence-corrected chi connectivity index (χ3v) is 5.33. The average Bonchev–Trinajstić information content (AvgIpc) is 2.99. The molecular weight excluding hydrogens is 379 g/mol. The maximum atomic E-state index is 12.7. The van der Waals surface area contributed by atoms with Crippen molar-refractivity contribution >= 4 is 46.1 Å². The van der Waals surface area contributed by atoms with E-state index in [9.17, 15) is 4.79 Å². The van der Waals surface area contributed by atoms with Crippen molar-refractivity contribution in [3.8, 4) is 5.75 Å². The van der Waals surface area contributed by atoms with E-state index in [1.54, 1.807) is 25.3 Å². The zero-order valence-corrected chi connectivity index (χ0v) is 16.5. The quantitative estimate of drug-likeness (QED) is 0.665. The molecule has 2 atom stereocenters. The summed E-state index contributed by atoms with van der Waals surface area (Å²) in [5.74, 6) is 0.459. The van der Waals surface area contributed by atoms with Gasteiger partial charge in [0.1, 0.15) is 12.3 Å². The molecule has 1 unspecified atom stereocenters. The third kappa shape index (κ3) is 5.47. The number of hydrogen-bond acceptors (Lipinski definition) is 3. The molecule has 1 amide bonds. The number of carbonyl (C=O) groups excluding carboxylic acids is 1. The van der Waals surface area contributed by atoms with Crippen LogP contribution < -0.4 is 15.0 Å². The number of benzene rings is 1. The Morgan fingerprint density at radius 3 is 2.76 bits per heavy atom. The van der Waals surface area contributed by atoms with E-state index in [2.05, 4.69) is 11.9 Å². The van der Waals surface area contributed by atoms with Gasteiger partial charge in [-0.2, -0.15) is 0 Å². The molecule has 2 aromatic rings. The summed E-state index contributed by atoms with van der Waals surface area (Å²) >= 11 is 13.5. The fourth-order valence-electron chi connectivity index (χ4n) is 2.46. The van der Waals surface area contributed by atoms with E-state index in [0.29, 0.717) is 29.5 Å². The van der Waals surface area contributed by atoms with Crippen LogP contribution in [0.25, 0.3) is 0 Å². The first-order chi connectivity index (χ1) is 11.9. The van der Waals surface area contributed by atoms with Crippen molar-refractivity contribution < 1.29 is 14.4 Å². The van der Waals surface area contributed by atoms with Gasteiger partial charge in [-0.1, -0.05) is 29.8 Å². The van der Waals surface area contributed by atoms with Crippen molar-refractivity contribution in [3.05, 3.63) is 57.2 Å². The Bertz CT molecular complexity index is 748. The van der Waals surface area contributed by atoms with Crippen molar-refractivity contribution in [2.75, 3.05) is 19.0 Å². The predicted octanol–water partition coefficient (Wildman–Crippen LogP) is 3.66. The molecular formula is C18H21Cl2N2O2S+. The summed E-state index contributed by atoms with van der Waals surface area (Å²) in [6.45, 7) is 7.05. The zero-order chi connectivity index (χ0) is 18.4. The van der Waals surface area contributed by atoms with Gasteiger partial charge in [-0.3, -0.25) is 4.79 Å². The highest BCUT2D eigenvalue weighted by molar-refractivity contribution is 7.16. The summed E-state index contributed by atoms with van der Waals surface area (Å²) in [6.07, 6.45) is 1.81. The molecule has 0 bridgehead atoms. The van der Waals surface area contributed by atoms with Crippen LogP contribution in [0.1, 0.15) is 11.8 Å². The smallest absolute Gasteiger partial charge is 0.282 e. The van der Waals surface area contributed by atoms with Crippen LogP contribution >= 0.6 is 34.5 Å². The Morgan fingerprint density at radius 2 is 2.16 bits per heavy atom. The first-order valence-electron chi connectivity index (χ1n) is 7.78. The van der Waals surface area contributed by atoms with Gasteiger partial charge >= 0.3 is 0 Å².